The average Bonchev–Trinajstić information content (AvgIpc) is 2.93. The minimum absolute atomic E-state index is 0.0520. The molecule has 1 amide bonds. The summed E-state index contributed by atoms with van der Waals surface area (Å²) in [6, 6.07) is 8.99. The topological polar surface area (TPSA) is 38.3 Å². The van der Waals surface area contributed by atoms with E-state index >= 15 is 0 Å². The van der Waals surface area contributed by atoms with Crippen LogP contribution >= 0.6 is 0 Å². The first-order valence-electron chi connectivity index (χ1n) is 11.5. The molecule has 31 heavy (non-hydrogen) atoms. The lowest BCUT2D eigenvalue weighted by atomic mass is 9.78. The van der Waals surface area contributed by atoms with Gasteiger partial charge in [0, 0.05) is 17.5 Å². The van der Waals surface area contributed by atoms with Crippen molar-refractivity contribution in [2.24, 2.45) is 5.41 Å². The summed E-state index contributed by atoms with van der Waals surface area (Å²) < 4.78 is 6.58. The highest BCUT2D eigenvalue weighted by Crippen LogP contribution is 2.53. The zero-order chi connectivity index (χ0) is 23.3. The van der Waals surface area contributed by atoms with Gasteiger partial charge in [0.2, 0.25) is 5.91 Å². The van der Waals surface area contributed by atoms with Gasteiger partial charge in [-0.05, 0) is 68.2 Å². The van der Waals surface area contributed by atoms with Crippen LogP contribution in [0.3, 0.4) is 0 Å². The number of anilines is 1. The lowest BCUT2D eigenvalue weighted by Gasteiger charge is -2.27. The van der Waals surface area contributed by atoms with Crippen molar-refractivity contribution in [2.45, 2.75) is 93.1 Å². The molecular weight excluding hydrogens is 382 g/mol. The highest BCUT2D eigenvalue weighted by molar-refractivity contribution is 5.94. The van der Waals surface area contributed by atoms with Crippen molar-refractivity contribution < 1.29 is 9.53 Å². The number of nitrogens with one attached hydrogen (secondary N) is 1. The van der Waals surface area contributed by atoms with Crippen molar-refractivity contribution in [3.05, 3.63) is 57.6 Å². The van der Waals surface area contributed by atoms with Crippen LogP contribution in [0.1, 0.15) is 100 Å². The summed E-state index contributed by atoms with van der Waals surface area (Å²) >= 11 is 0. The Labute approximate surface area is 188 Å². The molecule has 1 aliphatic heterocycles. The van der Waals surface area contributed by atoms with Crippen LogP contribution in [-0.4, -0.2) is 11.5 Å². The van der Waals surface area contributed by atoms with Crippen molar-refractivity contribution in [3.8, 4) is 5.75 Å². The van der Waals surface area contributed by atoms with Gasteiger partial charge < -0.3 is 10.1 Å². The predicted octanol–water partition coefficient (Wildman–Crippen LogP) is 7.41. The fourth-order valence-electron chi connectivity index (χ4n) is 4.80. The standard InChI is InChI=1S/C28H39NO2/c1-16(2)20-11-13-21(14-12-20)24-23-17(3)18(4)25(29-22(30)15-27(6,7)8)19(5)26(23)31-28(24,9)10/h11-14,16,24H,15H2,1-10H3,(H,29,30). The summed E-state index contributed by atoms with van der Waals surface area (Å²) in [4.78, 5) is 12.7. The molecular formula is C28H39NO2. The number of benzene rings is 2. The third-order valence-corrected chi connectivity index (χ3v) is 6.54. The number of hydrogen-bond acceptors (Lipinski definition) is 2. The molecule has 3 rings (SSSR count). The molecule has 1 aliphatic rings. The molecule has 0 aliphatic carbocycles. The molecule has 168 valence electrons. The Kier molecular flexibility index (Phi) is 6.03. The molecule has 3 nitrogen and oxygen atoms in total. The molecule has 1 heterocycles. The van der Waals surface area contributed by atoms with Crippen LogP contribution < -0.4 is 10.1 Å². The third kappa shape index (κ3) is 4.51. The van der Waals surface area contributed by atoms with E-state index in [4.69, 9.17) is 4.74 Å². The van der Waals surface area contributed by atoms with Gasteiger partial charge in [-0.1, -0.05) is 58.9 Å². The minimum atomic E-state index is -0.363. The minimum Gasteiger partial charge on any atom is -0.486 e. The summed E-state index contributed by atoms with van der Waals surface area (Å²) in [6.45, 7) is 21.4. The van der Waals surface area contributed by atoms with Crippen LogP contribution in [0.15, 0.2) is 24.3 Å². The number of hydrogen-bond donors (Lipinski definition) is 1. The fraction of sp³-hybridized carbons (Fsp3) is 0.536. The molecule has 0 aromatic heterocycles. The molecule has 1 atom stereocenters. The normalized spacial score (nSPS) is 17.5. The van der Waals surface area contributed by atoms with E-state index in [-0.39, 0.29) is 22.8 Å². The zero-order valence-electron chi connectivity index (χ0n) is 21.0. The Morgan fingerprint density at radius 1 is 1.03 bits per heavy atom. The summed E-state index contributed by atoms with van der Waals surface area (Å²) in [6.07, 6.45) is 0.485. The Balaban J connectivity index is 2.08. The summed E-state index contributed by atoms with van der Waals surface area (Å²) in [7, 11) is 0. The third-order valence-electron chi connectivity index (χ3n) is 6.54. The fourth-order valence-corrected chi connectivity index (χ4v) is 4.80. The monoisotopic (exact) mass is 421 g/mol. The SMILES string of the molecule is Cc1c(C)c2c(c(C)c1NC(=O)CC(C)(C)C)OC(C)(C)C2c1ccc(C(C)C)cc1. The highest BCUT2D eigenvalue weighted by Gasteiger charge is 2.45. The zero-order valence-corrected chi connectivity index (χ0v) is 21.0. The quantitative estimate of drug-likeness (QED) is 0.558. The maximum Gasteiger partial charge on any atom is 0.224 e. The molecule has 0 fully saturated rings. The van der Waals surface area contributed by atoms with E-state index in [0.717, 1.165) is 22.6 Å². The van der Waals surface area contributed by atoms with Crippen molar-refractivity contribution in [3.63, 3.8) is 0 Å². The van der Waals surface area contributed by atoms with Crippen LogP contribution in [0.25, 0.3) is 0 Å². The lowest BCUT2D eigenvalue weighted by molar-refractivity contribution is -0.117. The van der Waals surface area contributed by atoms with Gasteiger partial charge >= 0.3 is 0 Å². The summed E-state index contributed by atoms with van der Waals surface area (Å²) in [5, 5.41) is 3.19. The second kappa shape index (κ2) is 8.00. The molecule has 2 aromatic carbocycles. The maximum absolute atomic E-state index is 12.7. The van der Waals surface area contributed by atoms with Crippen molar-refractivity contribution in [1.29, 1.82) is 0 Å². The number of ether oxygens (including phenoxy) is 1. The van der Waals surface area contributed by atoms with Gasteiger partial charge in [0.05, 0.1) is 11.6 Å². The van der Waals surface area contributed by atoms with E-state index < -0.39 is 0 Å². The number of fused-ring (bicyclic) bond motifs is 1. The summed E-state index contributed by atoms with van der Waals surface area (Å²) in [5.41, 5.74) is 7.72. The molecule has 1 N–H and O–H groups in total. The first-order chi connectivity index (χ1) is 14.2. The van der Waals surface area contributed by atoms with Gasteiger partial charge in [-0.3, -0.25) is 4.79 Å². The van der Waals surface area contributed by atoms with Gasteiger partial charge in [0.15, 0.2) is 0 Å². The van der Waals surface area contributed by atoms with Crippen LogP contribution in [-0.2, 0) is 4.79 Å². The first kappa shape index (κ1) is 23.4. The average molecular weight is 422 g/mol. The number of amides is 1. The van der Waals surface area contributed by atoms with E-state index in [2.05, 4.69) is 98.8 Å². The molecule has 1 unspecified atom stereocenters. The predicted molar refractivity (Wildman–Crippen MR) is 130 cm³/mol. The maximum atomic E-state index is 12.7. The van der Waals surface area contributed by atoms with Crippen molar-refractivity contribution >= 4 is 11.6 Å². The molecule has 2 aromatic rings. The molecule has 0 radical (unpaired) electrons. The lowest BCUT2D eigenvalue weighted by Crippen LogP contribution is -2.31. The van der Waals surface area contributed by atoms with Crippen LogP contribution in [0.4, 0.5) is 5.69 Å². The van der Waals surface area contributed by atoms with E-state index in [1.807, 2.05) is 0 Å². The van der Waals surface area contributed by atoms with Gasteiger partial charge in [-0.2, -0.15) is 0 Å². The van der Waals surface area contributed by atoms with Gasteiger partial charge in [-0.25, -0.2) is 0 Å². The Morgan fingerprint density at radius 3 is 2.13 bits per heavy atom. The van der Waals surface area contributed by atoms with Gasteiger partial charge in [0.25, 0.3) is 0 Å². The first-order valence-corrected chi connectivity index (χ1v) is 11.5. The number of rotatable bonds is 4. The van der Waals surface area contributed by atoms with Crippen LogP contribution in [0, 0.1) is 26.2 Å². The number of carbonyl (C=O) groups is 1. The van der Waals surface area contributed by atoms with E-state index in [9.17, 15) is 4.79 Å². The Morgan fingerprint density at radius 2 is 1.61 bits per heavy atom. The van der Waals surface area contributed by atoms with E-state index in [1.54, 1.807) is 0 Å². The van der Waals surface area contributed by atoms with E-state index in [1.165, 1.54) is 22.3 Å². The molecule has 3 heteroatoms. The largest absolute Gasteiger partial charge is 0.486 e. The summed E-state index contributed by atoms with van der Waals surface area (Å²) in [5.74, 6) is 1.65. The molecule has 0 spiro atoms. The van der Waals surface area contributed by atoms with Gasteiger partial charge in [-0.15, -0.1) is 0 Å². The van der Waals surface area contributed by atoms with Crippen molar-refractivity contribution in [2.75, 3.05) is 5.32 Å². The Bertz CT molecular complexity index is 991. The molecule has 0 saturated heterocycles. The molecule has 0 bridgehead atoms. The second-order valence-electron chi connectivity index (χ2n) is 11.2. The Hall–Kier alpha value is -2.29. The van der Waals surface area contributed by atoms with Gasteiger partial charge in [0.1, 0.15) is 11.4 Å². The van der Waals surface area contributed by atoms with Crippen molar-refractivity contribution in [1.82, 2.24) is 0 Å². The van der Waals surface area contributed by atoms with Crippen LogP contribution in [0.5, 0.6) is 5.75 Å². The molecule has 0 saturated carbocycles. The van der Waals surface area contributed by atoms with Crippen LogP contribution in [0.2, 0.25) is 0 Å². The second-order valence-corrected chi connectivity index (χ2v) is 11.2. The highest BCUT2D eigenvalue weighted by atomic mass is 16.5. The smallest absolute Gasteiger partial charge is 0.224 e. The van der Waals surface area contributed by atoms with E-state index in [0.29, 0.717) is 12.3 Å². The number of carbonyl (C=O) groups excluding carboxylic acids is 1.